The summed E-state index contributed by atoms with van der Waals surface area (Å²) in [4.78, 5) is 78.0. The zero-order chi connectivity index (χ0) is 34.1. The molecule has 2 aliphatic rings. The van der Waals surface area contributed by atoms with Crippen LogP contribution in [0.25, 0.3) is 10.9 Å². The van der Waals surface area contributed by atoms with Crippen LogP contribution in [0.5, 0.6) is 5.75 Å². The number of ketones is 1. The predicted molar refractivity (Wildman–Crippen MR) is 170 cm³/mol. The van der Waals surface area contributed by atoms with Crippen LogP contribution < -0.4 is 15.1 Å². The number of carboxylic acid groups (broad SMARTS) is 1. The van der Waals surface area contributed by atoms with Crippen LogP contribution >= 0.6 is 15.2 Å². The second-order valence-corrected chi connectivity index (χ2v) is 15.8. The summed E-state index contributed by atoms with van der Waals surface area (Å²) in [6.45, 7) is 2.60. The van der Waals surface area contributed by atoms with Crippen LogP contribution in [0.1, 0.15) is 58.9 Å². The molecule has 2 aromatic carbocycles. The highest BCUT2D eigenvalue weighted by Gasteiger charge is 2.42. The number of rotatable bonds is 14. The van der Waals surface area contributed by atoms with Gasteiger partial charge in [0.2, 0.25) is 5.43 Å². The summed E-state index contributed by atoms with van der Waals surface area (Å²) < 4.78 is 45.3. The lowest BCUT2D eigenvalue weighted by atomic mass is 10.1. The first-order valence-electron chi connectivity index (χ1n) is 15.1. The first-order valence-corrected chi connectivity index (χ1v) is 18.5. The summed E-state index contributed by atoms with van der Waals surface area (Å²) in [7, 11) is -9.97. The molecule has 0 atom stereocenters. The molecule has 0 unspecified atom stereocenters. The van der Waals surface area contributed by atoms with Crippen LogP contribution in [0.3, 0.4) is 0 Å². The molecule has 14 nitrogen and oxygen atoms in total. The maximum Gasteiger partial charge on any atom is 0.341 e. The van der Waals surface area contributed by atoms with Gasteiger partial charge in [-0.15, -0.1) is 0 Å². The van der Waals surface area contributed by atoms with Gasteiger partial charge in [-0.05, 0) is 62.1 Å². The Morgan fingerprint density at radius 2 is 1.62 bits per heavy atom. The van der Waals surface area contributed by atoms with Crippen molar-refractivity contribution in [3.8, 4) is 5.75 Å². The van der Waals surface area contributed by atoms with E-state index in [0.29, 0.717) is 55.2 Å². The maximum absolute atomic E-state index is 15.3. The van der Waals surface area contributed by atoms with E-state index < -0.39 is 44.2 Å². The van der Waals surface area contributed by atoms with Gasteiger partial charge in [-0.2, -0.15) is 0 Å². The number of hydrogen-bond donors (Lipinski definition) is 5. The number of anilines is 1. The van der Waals surface area contributed by atoms with Crippen molar-refractivity contribution in [2.45, 2.75) is 43.5 Å². The normalized spacial score (nSPS) is 16.2. The first kappa shape index (κ1) is 34.9. The highest BCUT2D eigenvalue weighted by atomic mass is 31.2. The topological polar surface area (TPSA) is 207 Å². The van der Waals surface area contributed by atoms with E-state index in [1.54, 1.807) is 34.9 Å². The minimum atomic E-state index is -4.98. The zero-order valence-electron chi connectivity index (χ0n) is 25.3. The number of fused-ring (bicyclic) bond motifs is 1. The minimum Gasteiger partial charge on any atom is -0.494 e. The SMILES string of the molecule is O=C(CCN1CCN(c2cc3c(cc2F)c(=O)c(C(=O)O)cn3C2CC2)CC1)c1ccc(OCCCC(P(=O)(O)O)P(=O)(O)O)cc1. The molecule has 5 rings (SSSR count). The number of ether oxygens (including phenoxy) is 1. The molecule has 17 heteroatoms. The largest absolute Gasteiger partial charge is 0.494 e. The molecule has 3 aromatic rings. The average molecular weight is 696 g/mol. The van der Waals surface area contributed by atoms with Crippen LogP contribution in [0.2, 0.25) is 0 Å². The fourth-order valence-electron chi connectivity index (χ4n) is 5.75. The zero-order valence-corrected chi connectivity index (χ0v) is 27.1. The van der Waals surface area contributed by atoms with Crippen molar-refractivity contribution in [1.82, 2.24) is 9.47 Å². The third-order valence-corrected chi connectivity index (χ3v) is 12.3. The van der Waals surface area contributed by atoms with Crippen LogP contribution in [-0.4, -0.2) is 90.6 Å². The predicted octanol–water partition coefficient (Wildman–Crippen LogP) is 3.41. The van der Waals surface area contributed by atoms with E-state index in [0.717, 1.165) is 18.9 Å². The second kappa shape index (κ2) is 14.0. The standard InChI is InChI=1S/C30H36FN3O11P2/c31-24-16-22-25(34(20-5-6-20)18-23(29(22)36)30(37)38)17-26(24)33-13-11-32(12-14-33)10-9-27(35)19-3-7-21(8-4-19)45-15-1-2-28(46(39,40)41)47(42,43)44/h3-4,7-8,16-18,20,28H,1-2,5-6,9-15H2,(H,37,38)(H2,39,40,41)(H2,42,43,44). The van der Waals surface area contributed by atoms with Crippen LogP contribution in [-0.2, 0) is 9.13 Å². The highest BCUT2D eigenvalue weighted by Crippen LogP contribution is 2.61. The molecule has 1 saturated carbocycles. The van der Waals surface area contributed by atoms with Crippen molar-refractivity contribution in [2.24, 2.45) is 0 Å². The number of nitrogens with zero attached hydrogens (tertiary/aromatic N) is 3. The Hall–Kier alpha value is -3.42. The third-order valence-electron chi connectivity index (χ3n) is 8.47. The van der Waals surface area contributed by atoms with Crippen molar-refractivity contribution in [3.63, 3.8) is 0 Å². The van der Waals surface area contributed by atoms with E-state index in [1.807, 2.05) is 4.90 Å². The summed E-state index contributed by atoms with van der Waals surface area (Å²) in [6, 6.07) is 9.15. The van der Waals surface area contributed by atoms with Gasteiger partial charge in [-0.1, -0.05) is 0 Å². The summed E-state index contributed by atoms with van der Waals surface area (Å²) in [5.41, 5.74) is 0.234. The molecule has 0 radical (unpaired) electrons. The molecule has 0 amide bonds. The number of benzene rings is 2. The van der Waals surface area contributed by atoms with E-state index >= 15 is 4.39 Å². The fraction of sp³-hybridized carbons (Fsp3) is 0.433. The molecule has 1 aliphatic heterocycles. The summed E-state index contributed by atoms with van der Waals surface area (Å²) in [5.74, 6) is -1.64. The smallest absolute Gasteiger partial charge is 0.341 e. The Labute approximate surface area is 268 Å². The molecule has 0 bridgehead atoms. The molecule has 254 valence electrons. The van der Waals surface area contributed by atoms with Gasteiger partial charge >= 0.3 is 21.2 Å². The molecule has 2 fully saturated rings. The van der Waals surface area contributed by atoms with Gasteiger partial charge in [0.15, 0.2) is 11.2 Å². The lowest BCUT2D eigenvalue weighted by Gasteiger charge is -2.36. The molecule has 1 aromatic heterocycles. The Morgan fingerprint density at radius 1 is 0.979 bits per heavy atom. The number of carboxylic acids is 1. The summed E-state index contributed by atoms with van der Waals surface area (Å²) in [5, 5.41) is 7.43. The first-order chi connectivity index (χ1) is 22.1. The Balaban J connectivity index is 1.12. The Morgan fingerprint density at radius 3 is 2.19 bits per heavy atom. The van der Waals surface area contributed by atoms with Gasteiger partial charge < -0.3 is 38.9 Å². The number of carbonyl (C=O) groups excluding carboxylic acids is 1. The van der Waals surface area contributed by atoms with Crippen LogP contribution in [0.4, 0.5) is 10.1 Å². The number of halogens is 1. The van der Waals surface area contributed by atoms with Crippen molar-refractivity contribution in [2.75, 3.05) is 44.2 Å². The van der Waals surface area contributed by atoms with Gasteiger partial charge in [0.25, 0.3) is 0 Å². The van der Waals surface area contributed by atoms with Gasteiger partial charge in [-0.3, -0.25) is 23.6 Å². The minimum absolute atomic E-state index is 0.00247. The van der Waals surface area contributed by atoms with E-state index in [4.69, 9.17) is 4.74 Å². The Kier molecular flexibility index (Phi) is 10.4. The highest BCUT2D eigenvalue weighted by molar-refractivity contribution is 7.70. The lowest BCUT2D eigenvalue weighted by molar-refractivity contribution is 0.0694. The Bertz CT molecular complexity index is 1790. The number of aromatic carboxylic acids is 1. The lowest BCUT2D eigenvalue weighted by Crippen LogP contribution is -2.47. The van der Waals surface area contributed by atoms with Crippen LogP contribution in [0, 0.1) is 5.82 Å². The molecule has 0 spiro atoms. The van der Waals surface area contributed by atoms with Crippen LogP contribution in [0.15, 0.2) is 47.4 Å². The maximum atomic E-state index is 15.3. The van der Waals surface area contributed by atoms with Crippen molar-refractivity contribution in [3.05, 3.63) is 69.8 Å². The molecule has 2 heterocycles. The number of pyridine rings is 1. The number of Topliss-reactive ketones (excluding diaryl/α,β-unsaturated/α-hetero) is 1. The molecular weight excluding hydrogens is 659 g/mol. The van der Waals surface area contributed by atoms with E-state index in [-0.39, 0.29) is 42.2 Å². The number of aromatic nitrogens is 1. The molecule has 47 heavy (non-hydrogen) atoms. The quantitative estimate of drug-likeness (QED) is 0.0932. The van der Waals surface area contributed by atoms with Crippen molar-refractivity contribution >= 4 is 43.5 Å². The van der Waals surface area contributed by atoms with Gasteiger partial charge in [0, 0.05) is 62.3 Å². The summed E-state index contributed by atoms with van der Waals surface area (Å²) in [6.07, 6.45) is 2.89. The average Bonchev–Trinajstić information content (AvgIpc) is 3.85. The van der Waals surface area contributed by atoms with Gasteiger partial charge in [0.1, 0.15) is 17.1 Å². The molecular formula is C30H36FN3O11P2. The summed E-state index contributed by atoms with van der Waals surface area (Å²) >= 11 is 0. The third kappa shape index (κ3) is 8.36. The fourth-order valence-corrected chi connectivity index (χ4v) is 8.36. The number of carbonyl (C=O) groups is 2. The van der Waals surface area contributed by atoms with E-state index in [1.165, 1.54) is 6.20 Å². The molecule has 1 aliphatic carbocycles. The monoisotopic (exact) mass is 695 g/mol. The van der Waals surface area contributed by atoms with Gasteiger partial charge in [-0.25, -0.2) is 9.18 Å². The number of hydrogen-bond acceptors (Lipinski definition) is 8. The van der Waals surface area contributed by atoms with E-state index in [2.05, 4.69) is 4.90 Å². The second-order valence-electron chi connectivity index (χ2n) is 11.8. The van der Waals surface area contributed by atoms with Crippen molar-refractivity contribution < 1.29 is 52.5 Å². The molecule has 1 saturated heterocycles. The van der Waals surface area contributed by atoms with Gasteiger partial charge in [0.05, 0.1) is 17.8 Å². The molecule has 5 N–H and O–H groups in total. The number of piperazine rings is 1. The van der Waals surface area contributed by atoms with E-state index in [9.17, 15) is 48.2 Å². The van der Waals surface area contributed by atoms with Crippen molar-refractivity contribution in [1.29, 1.82) is 0 Å².